The normalized spacial score (nSPS) is 29.0. The van der Waals surface area contributed by atoms with Crippen LogP contribution in [0.2, 0.25) is 0 Å². The van der Waals surface area contributed by atoms with Crippen molar-refractivity contribution in [3.05, 3.63) is 0 Å². The fourth-order valence-electron chi connectivity index (χ4n) is 3.18. The largest absolute Gasteiger partial charge is 0.481 e. The van der Waals surface area contributed by atoms with Crippen molar-refractivity contribution in [2.75, 3.05) is 32.7 Å². The molecule has 0 aromatic heterocycles. The molecule has 1 aliphatic carbocycles. The van der Waals surface area contributed by atoms with E-state index in [1.54, 1.807) is 4.90 Å². The van der Waals surface area contributed by atoms with Crippen LogP contribution in [-0.4, -0.2) is 76.5 Å². The van der Waals surface area contributed by atoms with Gasteiger partial charge in [0.25, 0.3) is 0 Å². The first kappa shape index (κ1) is 18.0. The number of rotatable bonds is 4. The summed E-state index contributed by atoms with van der Waals surface area (Å²) in [6.07, 6.45) is 0.475. The van der Waals surface area contributed by atoms with Gasteiger partial charge in [0.05, 0.1) is 11.5 Å². The average molecular weight is 328 g/mol. The number of carbonyl (C=O) groups is 2. The number of nitrogens with zero attached hydrogens (tertiary/aromatic N) is 2. The number of aliphatic carboxylic acids is 1. The molecule has 0 radical (unpaired) electrons. The van der Waals surface area contributed by atoms with E-state index in [-0.39, 0.29) is 6.09 Å². The van der Waals surface area contributed by atoms with Gasteiger partial charge in [-0.2, -0.15) is 0 Å². The number of piperazine rings is 1. The summed E-state index contributed by atoms with van der Waals surface area (Å²) in [7, 11) is 0. The lowest BCUT2D eigenvalue weighted by molar-refractivity contribution is -0.164. The van der Waals surface area contributed by atoms with Crippen LogP contribution >= 0.6 is 0 Å². The maximum Gasteiger partial charge on any atom is 0.410 e. The van der Waals surface area contributed by atoms with Gasteiger partial charge in [-0.25, -0.2) is 4.79 Å². The van der Waals surface area contributed by atoms with E-state index in [0.29, 0.717) is 38.9 Å². The number of aliphatic hydroxyl groups excluding tert-OH is 1. The SMILES string of the molecule is CC(C)(C)OC(=O)N1CCN(CCC2(C(=O)O)CC(O)C2)CC1. The lowest BCUT2D eigenvalue weighted by Crippen LogP contribution is -2.52. The standard InChI is InChI=1S/C16H28N2O5/c1-15(2,3)23-14(22)18-8-6-17(7-9-18)5-4-16(13(20)21)10-12(19)11-16/h12,19H,4-11H2,1-3H3,(H,20,21). The number of aliphatic hydroxyl groups is 1. The Balaban J connectivity index is 1.75. The summed E-state index contributed by atoms with van der Waals surface area (Å²) in [5.74, 6) is -0.810. The summed E-state index contributed by atoms with van der Waals surface area (Å²) >= 11 is 0. The lowest BCUT2D eigenvalue weighted by Gasteiger charge is -2.43. The molecule has 1 heterocycles. The second-order valence-electron chi connectivity index (χ2n) is 7.71. The summed E-state index contributed by atoms with van der Waals surface area (Å²) in [5, 5.41) is 18.8. The topological polar surface area (TPSA) is 90.3 Å². The Kier molecular flexibility index (Phi) is 5.20. The molecule has 1 saturated carbocycles. The zero-order chi connectivity index (χ0) is 17.3. The molecule has 1 aliphatic heterocycles. The maximum absolute atomic E-state index is 12.0. The summed E-state index contributed by atoms with van der Waals surface area (Å²) < 4.78 is 5.36. The van der Waals surface area contributed by atoms with Crippen molar-refractivity contribution in [2.45, 2.75) is 51.7 Å². The maximum atomic E-state index is 12.0. The number of carboxylic acids is 1. The first-order valence-corrected chi connectivity index (χ1v) is 8.23. The fraction of sp³-hybridized carbons (Fsp3) is 0.875. The predicted molar refractivity (Wildman–Crippen MR) is 84.2 cm³/mol. The van der Waals surface area contributed by atoms with Crippen molar-refractivity contribution in [3.63, 3.8) is 0 Å². The molecule has 0 bridgehead atoms. The minimum Gasteiger partial charge on any atom is -0.481 e. The van der Waals surface area contributed by atoms with Gasteiger partial charge >= 0.3 is 12.1 Å². The molecule has 1 saturated heterocycles. The number of hydrogen-bond donors (Lipinski definition) is 2. The molecule has 23 heavy (non-hydrogen) atoms. The van der Waals surface area contributed by atoms with Crippen LogP contribution in [0.25, 0.3) is 0 Å². The second-order valence-corrected chi connectivity index (χ2v) is 7.71. The zero-order valence-electron chi connectivity index (χ0n) is 14.2. The molecule has 2 aliphatic rings. The van der Waals surface area contributed by atoms with Crippen LogP contribution in [0, 0.1) is 5.41 Å². The molecule has 0 unspecified atom stereocenters. The Morgan fingerprint density at radius 1 is 1.17 bits per heavy atom. The fourth-order valence-corrected chi connectivity index (χ4v) is 3.18. The smallest absolute Gasteiger partial charge is 0.410 e. The molecule has 7 nitrogen and oxygen atoms in total. The molecule has 0 aromatic rings. The average Bonchev–Trinajstić information content (AvgIpc) is 2.40. The summed E-state index contributed by atoms with van der Waals surface area (Å²) in [6, 6.07) is 0. The van der Waals surface area contributed by atoms with Gasteiger partial charge in [0.2, 0.25) is 0 Å². The van der Waals surface area contributed by atoms with E-state index in [4.69, 9.17) is 4.74 Å². The molecule has 2 rings (SSSR count). The number of carboxylic acid groups (broad SMARTS) is 1. The number of hydrogen-bond acceptors (Lipinski definition) is 5. The van der Waals surface area contributed by atoms with Gasteiger partial charge in [-0.05, 0) is 46.6 Å². The van der Waals surface area contributed by atoms with E-state index in [9.17, 15) is 19.8 Å². The third-order valence-electron chi connectivity index (χ3n) is 4.64. The first-order chi connectivity index (χ1) is 10.6. The van der Waals surface area contributed by atoms with E-state index in [1.807, 2.05) is 20.8 Å². The summed E-state index contributed by atoms with van der Waals surface area (Å²) in [5.41, 5.74) is -1.26. The number of amides is 1. The van der Waals surface area contributed by atoms with Crippen LogP contribution < -0.4 is 0 Å². The van der Waals surface area contributed by atoms with Crippen LogP contribution in [0.4, 0.5) is 4.79 Å². The van der Waals surface area contributed by atoms with Crippen molar-refractivity contribution >= 4 is 12.1 Å². The molecule has 2 fully saturated rings. The second kappa shape index (κ2) is 6.65. The van der Waals surface area contributed by atoms with Crippen molar-refractivity contribution in [3.8, 4) is 0 Å². The van der Waals surface area contributed by atoms with E-state index in [0.717, 1.165) is 13.1 Å². The molecule has 0 spiro atoms. The monoisotopic (exact) mass is 328 g/mol. The number of ether oxygens (including phenoxy) is 1. The zero-order valence-corrected chi connectivity index (χ0v) is 14.2. The van der Waals surface area contributed by atoms with Crippen LogP contribution in [0.15, 0.2) is 0 Å². The summed E-state index contributed by atoms with van der Waals surface area (Å²) in [6.45, 7) is 8.85. The van der Waals surface area contributed by atoms with Crippen molar-refractivity contribution in [1.82, 2.24) is 9.80 Å². The minimum absolute atomic E-state index is 0.290. The first-order valence-electron chi connectivity index (χ1n) is 8.23. The Morgan fingerprint density at radius 2 is 1.74 bits per heavy atom. The van der Waals surface area contributed by atoms with E-state index >= 15 is 0 Å². The van der Waals surface area contributed by atoms with Crippen LogP contribution in [0.5, 0.6) is 0 Å². The lowest BCUT2D eigenvalue weighted by atomic mass is 9.64. The van der Waals surface area contributed by atoms with E-state index in [2.05, 4.69) is 4.90 Å². The van der Waals surface area contributed by atoms with E-state index in [1.165, 1.54) is 0 Å². The Labute approximate surface area is 137 Å². The van der Waals surface area contributed by atoms with Crippen molar-refractivity contribution in [2.24, 2.45) is 5.41 Å². The highest BCUT2D eigenvalue weighted by Gasteiger charge is 2.49. The third kappa shape index (κ3) is 4.57. The minimum atomic E-state index is -0.810. The molecule has 1 amide bonds. The highest BCUT2D eigenvalue weighted by molar-refractivity contribution is 5.76. The van der Waals surface area contributed by atoms with Gasteiger partial charge in [-0.3, -0.25) is 9.69 Å². The van der Waals surface area contributed by atoms with Crippen LogP contribution in [0.1, 0.15) is 40.0 Å². The third-order valence-corrected chi connectivity index (χ3v) is 4.64. The van der Waals surface area contributed by atoms with Crippen LogP contribution in [0.3, 0.4) is 0 Å². The van der Waals surface area contributed by atoms with Crippen molar-refractivity contribution < 1.29 is 24.5 Å². The molecule has 7 heteroatoms. The Hall–Kier alpha value is -1.34. The number of carbonyl (C=O) groups excluding carboxylic acids is 1. The van der Waals surface area contributed by atoms with Gasteiger partial charge in [0.15, 0.2) is 0 Å². The molecule has 2 N–H and O–H groups in total. The van der Waals surface area contributed by atoms with E-state index < -0.39 is 23.1 Å². The van der Waals surface area contributed by atoms with Crippen molar-refractivity contribution in [1.29, 1.82) is 0 Å². The highest BCUT2D eigenvalue weighted by atomic mass is 16.6. The van der Waals surface area contributed by atoms with Gasteiger partial charge < -0.3 is 19.8 Å². The molecular weight excluding hydrogens is 300 g/mol. The Bertz CT molecular complexity index is 446. The molecule has 0 aromatic carbocycles. The Morgan fingerprint density at radius 3 is 2.17 bits per heavy atom. The molecule has 132 valence electrons. The van der Waals surface area contributed by atoms with Gasteiger partial charge in [-0.15, -0.1) is 0 Å². The quantitative estimate of drug-likeness (QED) is 0.805. The van der Waals surface area contributed by atoms with Gasteiger partial charge in [0.1, 0.15) is 5.60 Å². The predicted octanol–water partition coefficient (Wildman–Crippen LogP) is 1.15. The summed E-state index contributed by atoms with van der Waals surface area (Å²) in [4.78, 5) is 27.3. The van der Waals surface area contributed by atoms with Gasteiger partial charge in [-0.1, -0.05) is 0 Å². The van der Waals surface area contributed by atoms with Gasteiger partial charge in [0, 0.05) is 26.2 Å². The molecular formula is C16H28N2O5. The highest BCUT2D eigenvalue weighted by Crippen LogP contribution is 2.44. The molecule has 0 atom stereocenters. The van der Waals surface area contributed by atoms with Crippen LogP contribution in [-0.2, 0) is 9.53 Å².